The number of fused-ring (bicyclic) bond motifs is 1. The zero-order valence-electron chi connectivity index (χ0n) is 6.04. The first-order valence-corrected chi connectivity index (χ1v) is 3.34. The Bertz CT molecular complexity index is 485. The van der Waals surface area contributed by atoms with Crippen LogP contribution in [0.25, 0.3) is 11.0 Å². The quantitative estimate of drug-likeness (QED) is 0.550. The molecule has 0 saturated heterocycles. The van der Waals surface area contributed by atoms with Gasteiger partial charge in [-0.3, -0.25) is 0 Å². The topological polar surface area (TPSA) is 63.8 Å². The molecule has 1 aromatic heterocycles. The molecule has 0 atom stereocenters. The molecule has 62 valence electrons. The monoisotopic (exact) mass is 167 g/mol. The third kappa shape index (κ3) is 0.795. The molecule has 3 N–H and O–H groups in total. The molecule has 0 bridgehead atoms. The minimum Gasteiger partial charge on any atom is -0.335 e. The minimum absolute atomic E-state index is 0.361. The number of imidazole rings is 1. The lowest BCUT2D eigenvalue weighted by Crippen LogP contribution is -2.23. The third-order valence-electron chi connectivity index (χ3n) is 1.68. The predicted molar refractivity (Wildman–Crippen MR) is 42.7 cm³/mol. The summed E-state index contributed by atoms with van der Waals surface area (Å²) in [7, 11) is 0. The van der Waals surface area contributed by atoms with Crippen LogP contribution in [-0.2, 0) is 0 Å². The van der Waals surface area contributed by atoms with Crippen LogP contribution < -0.4 is 11.5 Å². The highest BCUT2D eigenvalue weighted by Crippen LogP contribution is 2.09. The van der Waals surface area contributed by atoms with Crippen molar-refractivity contribution in [3.05, 3.63) is 34.5 Å². The van der Waals surface area contributed by atoms with Gasteiger partial charge in [-0.2, -0.15) is 0 Å². The molecular weight excluding hydrogens is 161 g/mol. The lowest BCUT2D eigenvalue weighted by atomic mass is 10.3. The summed E-state index contributed by atoms with van der Waals surface area (Å²) in [6, 6.07) is 3.93. The molecule has 0 aliphatic carbocycles. The fourth-order valence-electron chi connectivity index (χ4n) is 1.09. The number of nitrogens with one attached hydrogen (secondary N) is 1. The van der Waals surface area contributed by atoms with Gasteiger partial charge in [0, 0.05) is 6.07 Å². The van der Waals surface area contributed by atoms with E-state index in [1.807, 2.05) is 0 Å². The van der Waals surface area contributed by atoms with E-state index in [0.717, 1.165) is 4.68 Å². The number of aromatic nitrogens is 2. The second-order valence-corrected chi connectivity index (χ2v) is 2.46. The van der Waals surface area contributed by atoms with Crippen LogP contribution in [0.4, 0.5) is 4.39 Å². The summed E-state index contributed by atoms with van der Waals surface area (Å²) < 4.78 is 13.5. The Morgan fingerprint density at radius 1 is 1.50 bits per heavy atom. The van der Waals surface area contributed by atoms with Gasteiger partial charge >= 0.3 is 5.69 Å². The van der Waals surface area contributed by atoms with E-state index in [4.69, 9.17) is 5.84 Å². The number of halogens is 1. The van der Waals surface area contributed by atoms with Crippen LogP contribution in [0.3, 0.4) is 0 Å². The molecule has 0 aliphatic heterocycles. The lowest BCUT2D eigenvalue weighted by molar-refractivity contribution is 0.629. The average molecular weight is 167 g/mol. The molecule has 0 fully saturated rings. The Balaban J connectivity index is 2.98. The highest BCUT2D eigenvalue weighted by Gasteiger charge is 2.03. The molecule has 0 saturated carbocycles. The maximum Gasteiger partial charge on any atom is 0.344 e. The van der Waals surface area contributed by atoms with Gasteiger partial charge in [0.05, 0.1) is 11.0 Å². The summed E-state index contributed by atoms with van der Waals surface area (Å²) in [4.78, 5) is 13.4. The Kier molecular flexibility index (Phi) is 1.21. The maximum absolute atomic E-state index is 12.6. The first-order valence-electron chi connectivity index (χ1n) is 3.34. The number of hydrogen-bond acceptors (Lipinski definition) is 2. The zero-order valence-corrected chi connectivity index (χ0v) is 6.04. The summed E-state index contributed by atoms with van der Waals surface area (Å²) in [5.74, 6) is 4.90. The van der Waals surface area contributed by atoms with Crippen molar-refractivity contribution in [2.45, 2.75) is 0 Å². The van der Waals surface area contributed by atoms with Gasteiger partial charge in [0.15, 0.2) is 0 Å². The van der Waals surface area contributed by atoms with Crippen LogP contribution in [0, 0.1) is 5.82 Å². The molecule has 4 nitrogen and oxygen atoms in total. The van der Waals surface area contributed by atoms with Crippen LogP contribution >= 0.6 is 0 Å². The molecule has 1 heterocycles. The van der Waals surface area contributed by atoms with Gasteiger partial charge in [-0.25, -0.2) is 13.9 Å². The fourth-order valence-corrected chi connectivity index (χ4v) is 1.09. The number of hydrogen-bond donors (Lipinski definition) is 2. The smallest absolute Gasteiger partial charge is 0.335 e. The van der Waals surface area contributed by atoms with E-state index in [9.17, 15) is 9.18 Å². The molecule has 0 aliphatic rings. The number of H-pyrrole nitrogens is 1. The Labute approximate surface area is 66.4 Å². The van der Waals surface area contributed by atoms with Crippen molar-refractivity contribution in [2.24, 2.45) is 0 Å². The van der Waals surface area contributed by atoms with E-state index in [-0.39, 0.29) is 0 Å². The molecule has 12 heavy (non-hydrogen) atoms. The molecule has 2 aromatic rings. The molecular formula is C7H6FN3O. The van der Waals surface area contributed by atoms with Crippen LogP contribution in [0.2, 0.25) is 0 Å². The standard InChI is InChI=1S/C7H6FN3O/c8-4-1-2-5-6(3-4)11(9)7(12)10-5/h1-3H,9H2,(H,10,12). The largest absolute Gasteiger partial charge is 0.344 e. The van der Waals surface area contributed by atoms with Gasteiger partial charge < -0.3 is 10.8 Å². The highest BCUT2D eigenvalue weighted by molar-refractivity contribution is 5.75. The van der Waals surface area contributed by atoms with Crippen LogP contribution in [0.15, 0.2) is 23.0 Å². The number of benzene rings is 1. The summed E-state index contributed by atoms with van der Waals surface area (Å²) in [5, 5.41) is 0. The van der Waals surface area contributed by atoms with Crippen molar-refractivity contribution in [1.29, 1.82) is 0 Å². The summed E-state index contributed by atoms with van der Waals surface area (Å²) in [6.07, 6.45) is 0. The van der Waals surface area contributed by atoms with E-state index in [1.54, 1.807) is 0 Å². The van der Waals surface area contributed by atoms with Gasteiger partial charge in [0.1, 0.15) is 5.82 Å². The first-order chi connectivity index (χ1) is 5.68. The summed E-state index contributed by atoms with van der Waals surface area (Å²) in [6.45, 7) is 0. The van der Waals surface area contributed by atoms with E-state index in [1.165, 1.54) is 18.2 Å². The number of aromatic amines is 1. The first kappa shape index (κ1) is 6.90. The number of rotatable bonds is 0. The van der Waals surface area contributed by atoms with Crippen molar-refractivity contribution in [3.63, 3.8) is 0 Å². The second kappa shape index (κ2) is 2.10. The third-order valence-corrected chi connectivity index (χ3v) is 1.68. The second-order valence-electron chi connectivity index (χ2n) is 2.46. The van der Waals surface area contributed by atoms with Gasteiger partial charge in [0.2, 0.25) is 0 Å². The number of nitrogen functional groups attached to an aromatic ring is 1. The maximum atomic E-state index is 12.6. The number of nitrogens with zero attached hydrogens (tertiary/aromatic N) is 1. The van der Waals surface area contributed by atoms with Gasteiger partial charge in [0.25, 0.3) is 0 Å². The summed E-state index contributed by atoms with van der Waals surface area (Å²) in [5.41, 5.74) is 0.444. The Hall–Kier alpha value is -1.78. The molecule has 0 radical (unpaired) electrons. The van der Waals surface area contributed by atoms with Crippen LogP contribution in [0.5, 0.6) is 0 Å². The van der Waals surface area contributed by atoms with E-state index < -0.39 is 11.5 Å². The van der Waals surface area contributed by atoms with Gasteiger partial charge in [-0.1, -0.05) is 0 Å². The number of nitrogens with two attached hydrogens (primary N) is 1. The molecule has 5 heteroatoms. The fraction of sp³-hybridized carbons (Fsp3) is 0. The van der Waals surface area contributed by atoms with Crippen LogP contribution in [-0.4, -0.2) is 9.66 Å². The van der Waals surface area contributed by atoms with Gasteiger partial charge in [-0.05, 0) is 12.1 Å². The Morgan fingerprint density at radius 2 is 2.25 bits per heavy atom. The van der Waals surface area contributed by atoms with E-state index >= 15 is 0 Å². The minimum atomic E-state index is -0.449. The normalized spacial score (nSPS) is 10.8. The van der Waals surface area contributed by atoms with Crippen molar-refractivity contribution < 1.29 is 4.39 Å². The Morgan fingerprint density at radius 3 is 3.00 bits per heavy atom. The lowest BCUT2D eigenvalue weighted by Gasteiger charge is -1.92. The molecule has 1 aromatic carbocycles. The molecule has 0 unspecified atom stereocenters. The van der Waals surface area contributed by atoms with Crippen molar-refractivity contribution in [1.82, 2.24) is 9.66 Å². The van der Waals surface area contributed by atoms with Crippen molar-refractivity contribution in [2.75, 3.05) is 5.84 Å². The van der Waals surface area contributed by atoms with E-state index in [2.05, 4.69) is 4.98 Å². The van der Waals surface area contributed by atoms with Gasteiger partial charge in [-0.15, -0.1) is 0 Å². The zero-order chi connectivity index (χ0) is 8.72. The van der Waals surface area contributed by atoms with E-state index in [0.29, 0.717) is 11.0 Å². The van der Waals surface area contributed by atoms with Crippen molar-refractivity contribution >= 4 is 11.0 Å². The SMILES string of the molecule is Nn1c(=O)[nH]c2ccc(F)cc21. The highest BCUT2D eigenvalue weighted by atomic mass is 19.1. The van der Waals surface area contributed by atoms with Crippen molar-refractivity contribution in [3.8, 4) is 0 Å². The molecule has 2 rings (SSSR count). The average Bonchev–Trinajstić information content (AvgIpc) is 2.31. The molecule has 0 spiro atoms. The predicted octanol–water partition coefficient (Wildman–Crippen LogP) is 0.182. The molecule has 0 amide bonds. The summed E-state index contributed by atoms with van der Waals surface area (Å²) >= 11 is 0. The van der Waals surface area contributed by atoms with Crippen LogP contribution in [0.1, 0.15) is 0 Å².